The number of hydrogen-bond acceptors (Lipinski definition) is 6. The number of amides is 1. The van der Waals surface area contributed by atoms with Gasteiger partial charge in [-0.3, -0.25) is 4.79 Å². The summed E-state index contributed by atoms with van der Waals surface area (Å²) in [5.74, 6) is 1.22. The zero-order chi connectivity index (χ0) is 16.2. The molecule has 2 aromatic heterocycles. The van der Waals surface area contributed by atoms with Crippen LogP contribution in [-0.2, 0) is 6.54 Å². The second-order valence-electron chi connectivity index (χ2n) is 5.66. The zero-order valence-electron chi connectivity index (χ0n) is 13.3. The van der Waals surface area contributed by atoms with E-state index in [0.717, 1.165) is 22.9 Å². The molecular formula is C16H20N4O2S. The third kappa shape index (κ3) is 3.98. The van der Waals surface area contributed by atoms with Gasteiger partial charge in [0.2, 0.25) is 5.88 Å². The first-order valence-corrected chi connectivity index (χ1v) is 8.44. The Balaban J connectivity index is 1.54. The molecule has 1 aliphatic carbocycles. The van der Waals surface area contributed by atoms with E-state index in [0.29, 0.717) is 23.9 Å². The van der Waals surface area contributed by atoms with E-state index in [-0.39, 0.29) is 5.91 Å². The summed E-state index contributed by atoms with van der Waals surface area (Å²) in [6.07, 6.45) is 4.26. The van der Waals surface area contributed by atoms with Crippen LogP contribution in [0, 0.1) is 12.8 Å². The second-order valence-corrected chi connectivity index (χ2v) is 6.44. The van der Waals surface area contributed by atoms with Crippen LogP contribution >= 0.6 is 11.5 Å². The molecule has 0 spiro atoms. The van der Waals surface area contributed by atoms with Crippen molar-refractivity contribution in [2.75, 3.05) is 19.0 Å². The summed E-state index contributed by atoms with van der Waals surface area (Å²) in [5.41, 5.74) is 2.28. The van der Waals surface area contributed by atoms with Crippen molar-refractivity contribution in [3.63, 3.8) is 0 Å². The molecule has 23 heavy (non-hydrogen) atoms. The van der Waals surface area contributed by atoms with Crippen LogP contribution < -0.4 is 15.4 Å². The lowest BCUT2D eigenvalue weighted by Gasteiger charge is -2.08. The van der Waals surface area contributed by atoms with Crippen molar-refractivity contribution in [1.29, 1.82) is 0 Å². The average Bonchev–Trinajstić information content (AvgIpc) is 3.32. The number of anilines is 1. The van der Waals surface area contributed by atoms with Crippen LogP contribution in [0.1, 0.15) is 34.5 Å². The molecule has 0 bridgehead atoms. The van der Waals surface area contributed by atoms with E-state index in [1.165, 1.54) is 24.4 Å². The second kappa shape index (κ2) is 6.95. The lowest BCUT2D eigenvalue weighted by molar-refractivity contribution is 0.0951. The van der Waals surface area contributed by atoms with E-state index < -0.39 is 0 Å². The van der Waals surface area contributed by atoms with E-state index >= 15 is 0 Å². The molecule has 122 valence electrons. The van der Waals surface area contributed by atoms with Crippen molar-refractivity contribution < 1.29 is 9.53 Å². The molecule has 0 unspecified atom stereocenters. The lowest BCUT2D eigenvalue weighted by atomic mass is 10.2. The monoisotopic (exact) mass is 332 g/mol. The highest BCUT2D eigenvalue weighted by Gasteiger charge is 2.22. The molecule has 0 radical (unpaired) electrons. The lowest BCUT2D eigenvalue weighted by Crippen LogP contribution is -2.24. The number of hydrogen-bond donors (Lipinski definition) is 2. The molecule has 0 aliphatic heterocycles. The number of carbonyl (C=O) groups is 1. The number of nitrogens with zero attached hydrogens (tertiary/aromatic N) is 2. The molecule has 1 fully saturated rings. The third-order valence-corrected chi connectivity index (χ3v) is 4.69. The Morgan fingerprint density at radius 2 is 2.26 bits per heavy atom. The van der Waals surface area contributed by atoms with Crippen molar-refractivity contribution in [1.82, 2.24) is 14.7 Å². The fourth-order valence-electron chi connectivity index (χ4n) is 2.17. The molecule has 2 aromatic rings. The van der Waals surface area contributed by atoms with E-state index in [4.69, 9.17) is 4.74 Å². The Morgan fingerprint density at radius 1 is 1.43 bits per heavy atom. The summed E-state index contributed by atoms with van der Waals surface area (Å²) in [6.45, 7) is 3.01. The summed E-state index contributed by atoms with van der Waals surface area (Å²) < 4.78 is 9.81. The van der Waals surface area contributed by atoms with Gasteiger partial charge in [0.15, 0.2) is 0 Å². The van der Waals surface area contributed by atoms with E-state index in [1.54, 1.807) is 13.2 Å². The molecule has 1 amide bonds. The van der Waals surface area contributed by atoms with Gasteiger partial charge in [-0.15, -0.1) is 0 Å². The summed E-state index contributed by atoms with van der Waals surface area (Å²) in [5, 5.41) is 6.68. The first kappa shape index (κ1) is 15.7. The molecular weight excluding hydrogens is 312 g/mol. The number of nitrogens with one attached hydrogen (secondary N) is 2. The number of aromatic nitrogens is 2. The van der Waals surface area contributed by atoms with Crippen LogP contribution in [0.5, 0.6) is 5.88 Å². The van der Waals surface area contributed by atoms with Crippen LogP contribution in [0.15, 0.2) is 18.3 Å². The Kier molecular flexibility index (Phi) is 4.76. The van der Waals surface area contributed by atoms with Gasteiger partial charge in [0.05, 0.1) is 17.9 Å². The Labute approximate surface area is 139 Å². The van der Waals surface area contributed by atoms with Gasteiger partial charge in [0.1, 0.15) is 5.00 Å². The Morgan fingerprint density at radius 3 is 2.91 bits per heavy atom. The van der Waals surface area contributed by atoms with Crippen LogP contribution in [0.2, 0.25) is 0 Å². The molecule has 0 saturated heterocycles. The van der Waals surface area contributed by atoms with Crippen molar-refractivity contribution in [2.45, 2.75) is 26.3 Å². The molecule has 1 saturated carbocycles. The smallest absolute Gasteiger partial charge is 0.256 e. The third-order valence-electron chi connectivity index (χ3n) is 3.73. The fourth-order valence-corrected chi connectivity index (χ4v) is 2.91. The van der Waals surface area contributed by atoms with Gasteiger partial charge in [-0.05, 0) is 42.8 Å². The number of rotatable bonds is 7. The van der Waals surface area contributed by atoms with Crippen molar-refractivity contribution >= 4 is 22.4 Å². The minimum atomic E-state index is -0.130. The van der Waals surface area contributed by atoms with Gasteiger partial charge in [-0.25, -0.2) is 4.98 Å². The van der Waals surface area contributed by atoms with Gasteiger partial charge in [-0.2, -0.15) is 4.37 Å². The van der Waals surface area contributed by atoms with Gasteiger partial charge in [-0.1, -0.05) is 6.07 Å². The molecule has 3 rings (SSSR count). The normalized spacial score (nSPS) is 13.7. The summed E-state index contributed by atoms with van der Waals surface area (Å²) >= 11 is 1.29. The topological polar surface area (TPSA) is 76.1 Å². The maximum absolute atomic E-state index is 12.3. The van der Waals surface area contributed by atoms with Crippen molar-refractivity contribution in [3.8, 4) is 5.88 Å². The highest BCUT2D eigenvalue weighted by Crippen LogP contribution is 2.29. The first-order chi connectivity index (χ1) is 11.2. The number of aryl methyl sites for hydroxylation is 1. The van der Waals surface area contributed by atoms with Crippen molar-refractivity contribution in [2.24, 2.45) is 5.92 Å². The van der Waals surface area contributed by atoms with E-state index in [9.17, 15) is 4.79 Å². The minimum Gasteiger partial charge on any atom is -0.477 e. The highest BCUT2D eigenvalue weighted by molar-refractivity contribution is 7.10. The van der Waals surface area contributed by atoms with Gasteiger partial charge >= 0.3 is 0 Å². The summed E-state index contributed by atoms with van der Waals surface area (Å²) in [6, 6.07) is 3.77. The zero-order valence-corrected chi connectivity index (χ0v) is 14.1. The first-order valence-electron chi connectivity index (χ1n) is 7.67. The number of carbonyl (C=O) groups excluding carboxylic acids is 1. The van der Waals surface area contributed by atoms with E-state index in [2.05, 4.69) is 20.0 Å². The highest BCUT2D eigenvalue weighted by atomic mass is 32.1. The quantitative estimate of drug-likeness (QED) is 0.815. The fraction of sp³-hybridized carbons (Fsp3) is 0.438. The molecule has 6 nitrogen and oxygen atoms in total. The largest absolute Gasteiger partial charge is 0.477 e. The predicted molar refractivity (Wildman–Crippen MR) is 90.0 cm³/mol. The Hall–Kier alpha value is -2.15. The molecule has 2 heterocycles. The molecule has 2 N–H and O–H groups in total. The standard InChI is InChI=1S/C16H20N4O2S/c1-10-14(16(17-2)23-20-10)15(21)19-8-12-5-6-13(18-7-12)22-9-11-3-4-11/h5-7,11,17H,3-4,8-9H2,1-2H3,(H,19,21). The molecule has 0 atom stereocenters. The molecule has 1 aliphatic rings. The van der Waals surface area contributed by atoms with Gasteiger partial charge < -0.3 is 15.4 Å². The summed E-state index contributed by atoms with van der Waals surface area (Å²) in [7, 11) is 1.79. The predicted octanol–water partition coefficient (Wildman–Crippen LogP) is 2.61. The maximum Gasteiger partial charge on any atom is 0.256 e. The van der Waals surface area contributed by atoms with Crippen LogP contribution in [0.4, 0.5) is 5.00 Å². The summed E-state index contributed by atoms with van der Waals surface area (Å²) in [4.78, 5) is 16.6. The van der Waals surface area contributed by atoms with Crippen molar-refractivity contribution in [3.05, 3.63) is 35.2 Å². The van der Waals surface area contributed by atoms with Gasteiger partial charge in [0, 0.05) is 25.9 Å². The van der Waals surface area contributed by atoms with Crippen LogP contribution in [0.25, 0.3) is 0 Å². The molecule has 7 heteroatoms. The Bertz CT molecular complexity index is 680. The van der Waals surface area contributed by atoms with Gasteiger partial charge in [0.25, 0.3) is 5.91 Å². The SMILES string of the molecule is CNc1snc(C)c1C(=O)NCc1ccc(OCC2CC2)nc1. The number of pyridine rings is 1. The average molecular weight is 332 g/mol. The van der Waals surface area contributed by atoms with Crippen LogP contribution in [0.3, 0.4) is 0 Å². The molecule has 0 aromatic carbocycles. The maximum atomic E-state index is 12.3. The minimum absolute atomic E-state index is 0.130. The van der Waals surface area contributed by atoms with E-state index in [1.807, 2.05) is 19.1 Å². The van der Waals surface area contributed by atoms with Crippen LogP contribution in [-0.4, -0.2) is 28.9 Å². The number of ether oxygens (including phenoxy) is 1.